The molecule has 0 amide bonds. The molecular weight excluding hydrogens is 362 g/mol. The number of piperazine rings is 1. The van der Waals surface area contributed by atoms with E-state index in [1.165, 1.54) is 5.69 Å². The Balaban J connectivity index is 1.43. The summed E-state index contributed by atoms with van der Waals surface area (Å²) in [5.74, 6) is 0. The van der Waals surface area contributed by atoms with E-state index in [4.69, 9.17) is 0 Å². The van der Waals surface area contributed by atoms with Gasteiger partial charge in [-0.2, -0.15) is 0 Å². The molecule has 0 bridgehead atoms. The average molecular weight is 392 g/mol. The van der Waals surface area contributed by atoms with Crippen LogP contribution < -0.4 is 0 Å². The van der Waals surface area contributed by atoms with Crippen LogP contribution in [0.3, 0.4) is 0 Å². The molecule has 1 N–H and O–H groups in total. The van der Waals surface area contributed by atoms with E-state index in [9.17, 15) is 5.11 Å². The van der Waals surface area contributed by atoms with Gasteiger partial charge >= 0.3 is 0 Å². The second kappa shape index (κ2) is 9.31. The zero-order valence-electron chi connectivity index (χ0n) is 17.0. The van der Waals surface area contributed by atoms with Gasteiger partial charge in [-0.15, -0.1) is 0 Å². The number of hydrogen-bond acceptors (Lipinski definition) is 5. The lowest BCUT2D eigenvalue weighted by Gasteiger charge is -2.41. The highest BCUT2D eigenvalue weighted by Gasteiger charge is 2.27. The maximum atomic E-state index is 9.61. The predicted octanol–water partition coefficient (Wildman–Crippen LogP) is 2.64. The van der Waals surface area contributed by atoms with Gasteiger partial charge in [-0.3, -0.25) is 19.8 Å². The number of hydrogen-bond donors (Lipinski definition) is 1. The maximum absolute atomic E-state index is 9.61. The molecule has 0 aliphatic carbocycles. The van der Waals surface area contributed by atoms with Crippen molar-refractivity contribution in [3.8, 4) is 5.69 Å². The van der Waals surface area contributed by atoms with E-state index >= 15 is 0 Å². The summed E-state index contributed by atoms with van der Waals surface area (Å²) in [5.41, 5.74) is 4.50. The van der Waals surface area contributed by atoms with Crippen molar-refractivity contribution in [2.24, 2.45) is 0 Å². The number of aryl methyl sites for hydroxylation is 1. The molecule has 29 heavy (non-hydrogen) atoms. The summed E-state index contributed by atoms with van der Waals surface area (Å²) < 4.78 is 2.21. The monoisotopic (exact) mass is 391 g/mol. The Hall–Kier alpha value is -2.54. The Kier molecular flexibility index (Phi) is 6.34. The van der Waals surface area contributed by atoms with Crippen LogP contribution in [0.2, 0.25) is 0 Å². The molecule has 3 aromatic rings. The van der Waals surface area contributed by atoms with E-state index in [1.54, 1.807) is 6.20 Å². The molecule has 1 atom stereocenters. The van der Waals surface area contributed by atoms with Crippen LogP contribution in [-0.4, -0.2) is 61.7 Å². The minimum absolute atomic E-state index is 0.211. The minimum Gasteiger partial charge on any atom is -0.396 e. The molecule has 1 fully saturated rings. The number of aromatic nitrogens is 3. The molecule has 0 aromatic carbocycles. The highest BCUT2D eigenvalue weighted by molar-refractivity contribution is 5.32. The van der Waals surface area contributed by atoms with Gasteiger partial charge in [-0.05, 0) is 49.7 Å². The first-order valence-electron chi connectivity index (χ1n) is 10.3. The van der Waals surface area contributed by atoms with Gasteiger partial charge in [0.15, 0.2) is 0 Å². The third kappa shape index (κ3) is 4.90. The molecule has 1 aliphatic rings. The van der Waals surface area contributed by atoms with Crippen molar-refractivity contribution in [2.45, 2.75) is 32.5 Å². The van der Waals surface area contributed by atoms with Crippen LogP contribution in [-0.2, 0) is 13.1 Å². The molecule has 6 nitrogen and oxygen atoms in total. The SMILES string of the molecule is Cc1cccc(CN2CCN(Cc3cccn3-c3cccnc3)C[C@@H]2CCO)n1. The Labute approximate surface area is 172 Å². The van der Waals surface area contributed by atoms with Crippen molar-refractivity contribution >= 4 is 0 Å². The third-order valence-electron chi connectivity index (χ3n) is 5.61. The molecule has 0 saturated carbocycles. The fourth-order valence-electron chi connectivity index (χ4n) is 4.15. The fourth-order valence-corrected chi connectivity index (χ4v) is 4.15. The van der Waals surface area contributed by atoms with Gasteiger partial charge in [0.1, 0.15) is 0 Å². The first-order valence-corrected chi connectivity index (χ1v) is 10.3. The quantitative estimate of drug-likeness (QED) is 0.671. The van der Waals surface area contributed by atoms with Crippen molar-refractivity contribution in [3.05, 3.63) is 78.1 Å². The Morgan fingerprint density at radius 2 is 2.00 bits per heavy atom. The van der Waals surface area contributed by atoms with Gasteiger partial charge in [0.05, 0.1) is 17.6 Å². The lowest BCUT2D eigenvalue weighted by Crippen LogP contribution is -2.52. The maximum Gasteiger partial charge on any atom is 0.0636 e. The standard InChI is InChI=1S/C23H29N5O/c1-19-5-2-6-20(25-19)16-27-13-12-26(17-22(27)9-14-29)18-23-8-4-11-28(23)21-7-3-10-24-15-21/h2-8,10-11,15,22,29H,9,12-14,16-18H2,1H3/t22-/m0/s1. The van der Waals surface area contributed by atoms with Crippen molar-refractivity contribution in [1.29, 1.82) is 0 Å². The molecular formula is C23H29N5O. The van der Waals surface area contributed by atoms with E-state index < -0.39 is 0 Å². The number of rotatable bonds is 7. The second-order valence-corrected chi connectivity index (χ2v) is 7.72. The van der Waals surface area contributed by atoms with Crippen molar-refractivity contribution < 1.29 is 5.11 Å². The van der Waals surface area contributed by atoms with Gasteiger partial charge in [0, 0.05) is 69.2 Å². The molecule has 0 spiro atoms. The van der Waals surface area contributed by atoms with Gasteiger partial charge in [0.2, 0.25) is 0 Å². The number of nitrogens with zero attached hydrogens (tertiary/aromatic N) is 5. The van der Waals surface area contributed by atoms with Crippen molar-refractivity contribution in [2.75, 3.05) is 26.2 Å². The lowest BCUT2D eigenvalue weighted by atomic mass is 10.1. The van der Waals surface area contributed by atoms with Crippen LogP contribution in [0, 0.1) is 6.92 Å². The van der Waals surface area contributed by atoms with Crippen LogP contribution >= 0.6 is 0 Å². The molecule has 0 unspecified atom stereocenters. The summed E-state index contributed by atoms with van der Waals surface area (Å²) in [6, 6.07) is 14.8. The summed E-state index contributed by atoms with van der Waals surface area (Å²) >= 11 is 0. The molecule has 6 heteroatoms. The molecule has 152 valence electrons. The molecule has 1 saturated heterocycles. The van der Waals surface area contributed by atoms with Crippen molar-refractivity contribution in [3.63, 3.8) is 0 Å². The molecule has 3 aromatic heterocycles. The van der Waals surface area contributed by atoms with Gasteiger partial charge in [-0.25, -0.2) is 0 Å². The third-order valence-corrected chi connectivity index (χ3v) is 5.61. The van der Waals surface area contributed by atoms with Gasteiger partial charge in [0.25, 0.3) is 0 Å². The topological polar surface area (TPSA) is 57.4 Å². The minimum atomic E-state index is 0.211. The van der Waals surface area contributed by atoms with E-state index in [2.05, 4.69) is 60.9 Å². The fraction of sp³-hybridized carbons (Fsp3) is 0.391. The summed E-state index contributed by atoms with van der Waals surface area (Å²) in [5, 5.41) is 9.61. The number of pyridine rings is 2. The Morgan fingerprint density at radius 1 is 1.07 bits per heavy atom. The highest BCUT2D eigenvalue weighted by Crippen LogP contribution is 2.19. The average Bonchev–Trinajstić information content (AvgIpc) is 3.19. The molecule has 4 rings (SSSR count). The van der Waals surface area contributed by atoms with Gasteiger partial charge in [-0.1, -0.05) is 6.07 Å². The summed E-state index contributed by atoms with van der Waals surface area (Å²) in [6.45, 7) is 6.91. The second-order valence-electron chi connectivity index (χ2n) is 7.72. The summed E-state index contributed by atoms with van der Waals surface area (Å²) in [6.07, 6.45) is 6.57. The Bertz CT molecular complexity index is 910. The van der Waals surface area contributed by atoms with Crippen LogP contribution in [0.4, 0.5) is 0 Å². The predicted molar refractivity (Wildman–Crippen MR) is 114 cm³/mol. The lowest BCUT2D eigenvalue weighted by molar-refractivity contribution is 0.0483. The van der Waals surface area contributed by atoms with Crippen LogP contribution in [0.15, 0.2) is 61.1 Å². The normalized spacial score (nSPS) is 18.2. The van der Waals surface area contributed by atoms with E-state index in [1.807, 2.05) is 25.3 Å². The summed E-state index contributed by atoms with van der Waals surface area (Å²) in [7, 11) is 0. The zero-order chi connectivity index (χ0) is 20.1. The van der Waals surface area contributed by atoms with Crippen LogP contribution in [0.25, 0.3) is 5.69 Å². The highest BCUT2D eigenvalue weighted by atomic mass is 16.3. The van der Waals surface area contributed by atoms with Crippen LogP contribution in [0.5, 0.6) is 0 Å². The van der Waals surface area contributed by atoms with E-state index in [-0.39, 0.29) is 6.61 Å². The molecule has 1 aliphatic heterocycles. The smallest absolute Gasteiger partial charge is 0.0636 e. The molecule has 4 heterocycles. The number of aliphatic hydroxyl groups excluding tert-OH is 1. The Morgan fingerprint density at radius 3 is 2.79 bits per heavy atom. The van der Waals surface area contributed by atoms with Gasteiger partial charge < -0.3 is 9.67 Å². The largest absolute Gasteiger partial charge is 0.396 e. The van der Waals surface area contributed by atoms with E-state index in [0.29, 0.717) is 6.04 Å². The first kappa shape index (κ1) is 19.8. The van der Waals surface area contributed by atoms with E-state index in [0.717, 1.165) is 56.2 Å². The van der Waals surface area contributed by atoms with Crippen molar-refractivity contribution in [1.82, 2.24) is 24.3 Å². The molecule has 0 radical (unpaired) electrons. The van der Waals surface area contributed by atoms with Crippen LogP contribution in [0.1, 0.15) is 23.5 Å². The number of aliphatic hydroxyl groups is 1. The zero-order valence-corrected chi connectivity index (χ0v) is 17.0. The first-order chi connectivity index (χ1) is 14.2. The summed E-state index contributed by atoms with van der Waals surface area (Å²) in [4.78, 5) is 13.9.